The van der Waals surface area contributed by atoms with Crippen molar-refractivity contribution in [1.82, 2.24) is 4.72 Å². The van der Waals surface area contributed by atoms with E-state index in [1.807, 2.05) is 40.7 Å². The summed E-state index contributed by atoms with van der Waals surface area (Å²) in [6.45, 7) is 17.4. The Morgan fingerprint density at radius 1 is 1.36 bits per heavy atom. The number of hydrogen-bond acceptors (Lipinski definition) is 4. The van der Waals surface area contributed by atoms with E-state index in [1.54, 1.807) is 12.1 Å². The lowest BCUT2D eigenvalue weighted by atomic mass is 10.1. The number of methoxy groups -OCH3 is 1. The van der Waals surface area contributed by atoms with Crippen LogP contribution < -0.4 is 4.72 Å². The summed E-state index contributed by atoms with van der Waals surface area (Å²) in [6, 6.07) is 5.11. The lowest BCUT2D eigenvalue weighted by molar-refractivity contribution is 0.314. The molecule has 0 bridgehead atoms. The van der Waals surface area contributed by atoms with Gasteiger partial charge in [-0.25, -0.2) is 4.99 Å². The van der Waals surface area contributed by atoms with Gasteiger partial charge in [-0.15, -0.1) is 4.72 Å². The first-order valence-corrected chi connectivity index (χ1v) is 9.45. The molecule has 0 fully saturated rings. The molecule has 0 spiro atoms. The Morgan fingerprint density at radius 3 is 2.44 bits per heavy atom. The molecule has 4 nitrogen and oxygen atoms in total. The van der Waals surface area contributed by atoms with Crippen LogP contribution in [0.5, 0.6) is 0 Å². The number of halogens is 1. The van der Waals surface area contributed by atoms with Crippen molar-refractivity contribution in [2.75, 3.05) is 7.11 Å². The smallest absolute Gasteiger partial charge is 0.136 e. The third kappa shape index (κ3) is 6.19. The molecular formula is C19H27ClN2O2S. The van der Waals surface area contributed by atoms with Crippen LogP contribution >= 0.6 is 11.6 Å². The average Bonchev–Trinajstić information content (AvgIpc) is 2.50. The third-order valence-electron chi connectivity index (χ3n) is 3.44. The van der Waals surface area contributed by atoms with Gasteiger partial charge in [-0.05, 0) is 52.3 Å². The molecule has 6 heteroatoms. The number of benzene rings is 1. The van der Waals surface area contributed by atoms with E-state index in [1.165, 1.54) is 7.11 Å². The third-order valence-corrected chi connectivity index (χ3v) is 5.36. The molecule has 1 unspecified atom stereocenters. The molecule has 0 aromatic heterocycles. The van der Waals surface area contributed by atoms with Gasteiger partial charge < -0.3 is 9.29 Å². The van der Waals surface area contributed by atoms with Gasteiger partial charge in [0.15, 0.2) is 0 Å². The predicted molar refractivity (Wildman–Crippen MR) is 110 cm³/mol. The van der Waals surface area contributed by atoms with Gasteiger partial charge in [0.05, 0.1) is 18.8 Å². The van der Waals surface area contributed by atoms with Crippen molar-refractivity contribution in [3.05, 3.63) is 47.7 Å². The molecule has 0 saturated heterocycles. The maximum atomic E-state index is 12.4. The minimum absolute atomic E-state index is 0.329. The van der Waals surface area contributed by atoms with Gasteiger partial charge in [0.25, 0.3) is 0 Å². The number of ether oxygens (including phenoxy) is 1. The quantitative estimate of drug-likeness (QED) is 0.408. The zero-order valence-electron chi connectivity index (χ0n) is 15.8. The van der Waals surface area contributed by atoms with Crippen LogP contribution in [-0.4, -0.2) is 28.2 Å². The Kier molecular flexibility index (Phi) is 7.75. The lowest BCUT2D eigenvalue weighted by Gasteiger charge is -2.27. The number of aliphatic imine (C=N–C) groups is 1. The maximum absolute atomic E-state index is 12.4. The van der Waals surface area contributed by atoms with E-state index < -0.39 is 16.1 Å². The highest BCUT2D eigenvalue weighted by atomic mass is 35.5. The van der Waals surface area contributed by atoms with Crippen LogP contribution in [0.25, 0.3) is 5.57 Å². The van der Waals surface area contributed by atoms with Gasteiger partial charge >= 0.3 is 0 Å². The Hall–Kier alpha value is -1.27. The molecule has 0 amide bonds. The molecule has 2 atom stereocenters. The molecule has 0 radical (unpaired) electrons. The van der Waals surface area contributed by atoms with Crippen molar-refractivity contribution < 1.29 is 9.29 Å². The molecule has 0 aliphatic carbocycles. The zero-order valence-corrected chi connectivity index (χ0v) is 17.3. The van der Waals surface area contributed by atoms with Crippen LogP contribution in [0.1, 0.15) is 40.2 Å². The predicted octanol–water partition coefficient (Wildman–Crippen LogP) is 5.05. The Balaban J connectivity index is 3.32. The lowest BCUT2D eigenvalue weighted by Crippen LogP contribution is -2.47. The fraction of sp³-hybridized carbons (Fsp3) is 0.421. The van der Waals surface area contributed by atoms with E-state index in [0.29, 0.717) is 22.2 Å². The summed E-state index contributed by atoms with van der Waals surface area (Å²) >= 11 is 4.87. The number of nitrogens with zero attached hydrogens (tertiary/aromatic N) is 1. The van der Waals surface area contributed by atoms with Gasteiger partial charge in [0, 0.05) is 21.9 Å². The van der Waals surface area contributed by atoms with Crippen molar-refractivity contribution in [2.45, 2.75) is 45.4 Å². The van der Waals surface area contributed by atoms with Crippen LogP contribution in [0.15, 0.2) is 42.1 Å². The summed E-state index contributed by atoms with van der Waals surface area (Å²) < 4.78 is 20.4. The zero-order chi connectivity index (χ0) is 19.4. The summed E-state index contributed by atoms with van der Waals surface area (Å²) in [5.74, 6) is 0.401. The second-order valence-corrected chi connectivity index (χ2v) is 9.22. The van der Waals surface area contributed by atoms with E-state index in [4.69, 9.17) is 21.3 Å². The molecular weight excluding hydrogens is 356 g/mol. The highest BCUT2D eigenvalue weighted by Crippen LogP contribution is 2.30. The molecule has 25 heavy (non-hydrogen) atoms. The number of allylic oxidation sites excluding steroid dienone is 1. The minimum Gasteiger partial charge on any atom is -0.598 e. The van der Waals surface area contributed by atoms with Crippen molar-refractivity contribution in [1.29, 1.82) is 0 Å². The number of nitrogens with one attached hydrogen (secondary N) is 1. The van der Waals surface area contributed by atoms with Gasteiger partial charge in [0.2, 0.25) is 0 Å². The first-order chi connectivity index (χ1) is 11.5. The summed E-state index contributed by atoms with van der Waals surface area (Å²) in [4.78, 5) is 4.70. The van der Waals surface area contributed by atoms with Crippen molar-refractivity contribution in [3.63, 3.8) is 0 Å². The molecule has 1 aromatic carbocycles. The van der Waals surface area contributed by atoms with Crippen LogP contribution in [0.4, 0.5) is 5.69 Å². The van der Waals surface area contributed by atoms with Gasteiger partial charge in [-0.1, -0.05) is 30.8 Å². The highest BCUT2D eigenvalue weighted by molar-refractivity contribution is 7.90. The van der Waals surface area contributed by atoms with Crippen molar-refractivity contribution in [3.8, 4) is 0 Å². The summed E-state index contributed by atoms with van der Waals surface area (Å²) in [7, 11) is 1.53. The van der Waals surface area contributed by atoms with E-state index in [2.05, 4.69) is 17.9 Å². The molecule has 1 rings (SSSR count). The van der Waals surface area contributed by atoms with E-state index in [9.17, 15) is 4.55 Å². The SMILES string of the molecule is C=C(OC)C(=Nc1cc(Cl)ccc1C(=C)C)[C@@H](C)N[S+]([O-])C(C)(C)C. The van der Waals surface area contributed by atoms with E-state index in [-0.39, 0.29) is 6.04 Å². The van der Waals surface area contributed by atoms with Gasteiger partial charge in [-0.3, -0.25) is 0 Å². The fourth-order valence-corrected chi connectivity index (χ4v) is 2.94. The molecule has 0 aliphatic rings. The average molecular weight is 383 g/mol. The first kappa shape index (κ1) is 21.8. The number of hydrogen-bond donors (Lipinski definition) is 1. The molecule has 0 saturated carbocycles. The van der Waals surface area contributed by atoms with Crippen LogP contribution in [0.3, 0.4) is 0 Å². The van der Waals surface area contributed by atoms with E-state index in [0.717, 1.165) is 11.1 Å². The highest BCUT2D eigenvalue weighted by Gasteiger charge is 2.30. The molecule has 0 heterocycles. The topological polar surface area (TPSA) is 56.7 Å². The Labute approximate surface area is 159 Å². The fourth-order valence-electron chi connectivity index (χ4n) is 1.99. The van der Waals surface area contributed by atoms with Crippen LogP contribution in [0.2, 0.25) is 5.02 Å². The first-order valence-electron chi connectivity index (χ1n) is 7.92. The molecule has 1 aromatic rings. The largest absolute Gasteiger partial charge is 0.598 e. The van der Waals surface area contributed by atoms with Crippen molar-refractivity contribution in [2.24, 2.45) is 4.99 Å². The van der Waals surface area contributed by atoms with E-state index >= 15 is 0 Å². The molecule has 0 aliphatic heterocycles. The standard InChI is InChI=1S/C19H27ClN2O2S/c1-12(2)16-10-9-15(20)11-17(16)21-18(14(4)24-8)13(3)22-25(23)19(5,6)7/h9-11,13,22H,1,4H2,2-3,5-8H3/t13-,25?/m1/s1. The number of rotatable bonds is 7. The second-order valence-electron chi connectivity index (χ2n) is 6.79. The monoisotopic (exact) mass is 382 g/mol. The van der Waals surface area contributed by atoms with Gasteiger partial charge in [-0.2, -0.15) is 0 Å². The van der Waals surface area contributed by atoms with Crippen LogP contribution in [0, 0.1) is 0 Å². The molecule has 1 N–H and O–H groups in total. The maximum Gasteiger partial charge on any atom is 0.136 e. The van der Waals surface area contributed by atoms with Crippen molar-refractivity contribution >= 4 is 39.9 Å². The Bertz CT molecular complexity index is 680. The second kappa shape index (κ2) is 8.90. The summed E-state index contributed by atoms with van der Waals surface area (Å²) in [5.41, 5.74) is 2.99. The van der Waals surface area contributed by atoms with Gasteiger partial charge in [0.1, 0.15) is 16.2 Å². The normalized spacial score (nSPS) is 14.8. The van der Waals surface area contributed by atoms with Crippen LogP contribution in [-0.2, 0) is 16.1 Å². The minimum atomic E-state index is -1.25. The molecule has 138 valence electrons. The summed E-state index contributed by atoms with van der Waals surface area (Å²) in [5, 5.41) is 0.574. The summed E-state index contributed by atoms with van der Waals surface area (Å²) in [6.07, 6.45) is 0. The Morgan fingerprint density at radius 2 is 1.96 bits per heavy atom.